The molecule has 0 aliphatic carbocycles. The minimum Gasteiger partial charge on any atom is -0.508 e. The van der Waals surface area contributed by atoms with Gasteiger partial charge in [0.1, 0.15) is 11.6 Å². The molecule has 0 bridgehead atoms. The number of nitrogens with two attached hydrogens (primary N) is 1. The molecule has 0 heterocycles. The zero-order valence-corrected chi connectivity index (χ0v) is 10.1. The fraction of sp³-hybridized carbons (Fsp3) is 0.0714. The molecule has 0 aromatic heterocycles. The smallest absolute Gasteiger partial charge is 0.253 e. The normalized spacial score (nSPS) is 10.2. The van der Waals surface area contributed by atoms with Gasteiger partial charge in [0.2, 0.25) is 0 Å². The van der Waals surface area contributed by atoms with Crippen molar-refractivity contribution < 1.29 is 14.3 Å². The average molecular weight is 260 g/mol. The maximum absolute atomic E-state index is 13.1. The Hall–Kier alpha value is -2.56. The molecule has 4 N–H and O–H groups in total. The van der Waals surface area contributed by atoms with Crippen LogP contribution in [0.1, 0.15) is 15.9 Å². The lowest BCUT2D eigenvalue weighted by Gasteiger charge is -2.08. The largest absolute Gasteiger partial charge is 0.508 e. The van der Waals surface area contributed by atoms with E-state index in [4.69, 9.17) is 10.8 Å². The molecule has 0 aliphatic rings. The van der Waals surface area contributed by atoms with Gasteiger partial charge >= 0.3 is 0 Å². The van der Waals surface area contributed by atoms with Gasteiger partial charge in [-0.3, -0.25) is 4.79 Å². The standard InChI is InChI=1S/C14H13FN2O2/c15-10-3-6-13(16)12(7-10)14(19)17-8-9-1-4-11(18)5-2-9/h1-7,18H,8,16H2,(H,17,19). The molecule has 19 heavy (non-hydrogen) atoms. The van der Waals surface area contributed by atoms with Crippen LogP contribution < -0.4 is 11.1 Å². The van der Waals surface area contributed by atoms with Crippen molar-refractivity contribution >= 4 is 11.6 Å². The van der Waals surface area contributed by atoms with E-state index in [0.717, 1.165) is 11.6 Å². The number of amides is 1. The maximum Gasteiger partial charge on any atom is 0.253 e. The second kappa shape index (κ2) is 5.39. The Kier molecular flexibility index (Phi) is 3.66. The van der Waals surface area contributed by atoms with Crippen LogP contribution in [0.5, 0.6) is 5.75 Å². The number of hydrogen-bond donors (Lipinski definition) is 3. The van der Waals surface area contributed by atoms with Crippen LogP contribution in [0.3, 0.4) is 0 Å². The summed E-state index contributed by atoms with van der Waals surface area (Å²) in [5, 5.41) is 11.8. The van der Waals surface area contributed by atoms with E-state index in [1.807, 2.05) is 0 Å². The monoisotopic (exact) mass is 260 g/mol. The number of nitrogen functional groups attached to an aromatic ring is 1. The number of phenols is 1. The summed E-state index contributed by atoms with van der Waals surface area (Å²) in [6.07, 6.45) is 0. The van der Waals surface area contributed by atoms with Crippen molar-refractivity contribution in [2.45, 2.75) is 6.54 Å². The van der Waals surface area contributed by atoms with E-state index >= 15 is 0 Å². The molecule has 0 radical (unpaired) electrons. The highest BCUT2D eigenvalue weighted by atomic mass is 19.1. The summed E-state index contributed by atoms with van der Waals surface area (Å²) in [5.74, 6) is -0.793. The highest BCUT2D eigenvalue weighted by Crippen LogP contribution is 2.14. The number of anilines is 1. The van der Waals surface area contributed by atoms with Gasteiger partial charge in [-0.1, -0.05) is 12.1 Å². The molecule has 0 unspecified atom stereocenters. The first-order valence-corrected chi connectivity index (χ1v) is 5.67. The lowest BCUT2D eigenvalue weighted by Crippen LogP contribution is -2.23. The maximum atomic E-state index is 13.1. The van der Waals surface area contributed by atoms with Crippen molar-refractivity contribution in [3.8, 4) is 5.75 Å². The molecule has 4 nitrogen and oxygen atoms in total. The zero-order chi connectivity index (χ0) is 13.8. The summed E-state index contributed by atoms with van der Waals surface area (Å²) in [4.78, 5) is 11.9. The molecule has 98 valence electrons. The molecule has 0 saturated heterocycles. The second-order valence-corrected chi connectivity index (χ2v) is 4.08. The summed E-state index contributed by atoms with van der Waals surface area (Å²) in [7, 11) is 0. The molecule has 1 amide bonds. The Bertz CT molecular complexity index is 597. The second-order valence-electron chi connectivity index (χ2n) is 4.08. The van der Waals surface area contributed by atoms with E-state index in [1.54, 1.807) is 12.1 Å². The fourth-order valence-corrected chi connectivity index (χ4v) is 1.62. The number of rotatable bonds is 3. The first-order chi connectivity index (χ1) is 9.06. The van der Waals surface area contributed by atoms with Crippen LogP contribution >= 0.6 is 0 Å². The highest BCUT2D eigenvalue weighted by Gasteiger charge is 2.10. The summed E-state index contributed by atoms with van der Waals surface area (Å²) in [6.45, 7) is 0.273. The lowest BCUT2D eigenvalue weighted by molar-refractivity contribution is 0.0951. The molecule has 0 spiro atoms. The summed E-state index contributed by atoms with van der Waals surface area (Å²) in [6, 6.07) is 10.1. The van der Waals surface area contributed by atoms with Gasteiger partial charge in [0.15, 0.2) is 0 Å². The minimum atomic E-state index is -0.510. The summed E-state index contributed by atoms with van der Waals surface area (Å²) < 4.78 is 13.1. The number of aromatic hydroxyl groups is 1. The Labute approximate surface area is 109 Å². The average Bonchev–Trinajstić information content (AvgIpc) is 2.40. The van der Waals surface area contributed by atoms with E-state index in [-0.39, 0.29) is 23.5 Å². The molecule has 2 aromatic carbocycles. The fourth-order valence-electron chi connectivity index (χ4n) is 1.62. The number of benzene rings is 2. The molecule has 0 atom stereocenters. The Morgan fingerprint density at radius 1 is 1.21 bits per heavy atom. The van der Waals surface area contributed by atoms with Gasteiger partial charge in [-0.2, -0.15) is 0 Å². The van der Waals surface area contributed by atoms with Crippen LogP contribution in [-0.4, -0.2) is 11.0 Å². The van der Waals surface area contributed by atoms with Crippen LogP contribution in [0.2, 0.25) is 0 Å². The Morgan fingerprint density at radius 2 is 1.89 bits per heavy atom. The number of carbonyl (C=O) groups excluding carboxylic acids is 1. The van der Waals surface area contributed by atoms with Gasteiger partial charge in [-0.05, 0) is 35.9 Å². The third-order valence-corrected chi connectivity index (χ3v) is 2.65. The number of phenolic OH excluding ortho intramolecular Hbond substituents is 1. The molecular weight excluding hydrogens is 247 g/mol. The van der Waals surface area contributed by atoms with E-state index in [1.165, 1.54) is 24.3 Å². The van der Waals surface area contributed by atoms with Crippen molar-refractivity contribution in [1.82, 2.24) is 5.32 Å². The van der Waals surface area contributed by atoms with Crippen LogP contribution in [-0.2, 0) is 6.54 Å². The van der Waals surface area contributed by atoms with Gasteiger partial charge < -0.3 is 16.2 Å². The van der Waals surface area contributed by atoms with Crippen LogP contribution in [0, 0.1) is 5.82 Å². The van der Waals surface area contributed by atoms with Crippen LogP contribution in [0.15, 0.2) is 42.5 Å². The highest BCUT2D eigenvalue weighted by molar-refractivity contribution is 5.99. The van der Waals surface area contributed by atoms with E-state index in [0.29, 0.717) is 0 Å². The first kappa shape index (κ1) is 12.9. The topological polar surface area (TPSA) is 75.4 Å². The van der Waals surface area contributed by atoms with E-state index in [2.05, 4.69) is 5.32 Å². The zero-order valence-electron chi connectivity index (χ0n) is 10.1. The number of hydrogen-bond acceptors (Lipinski definition) is 3. The predicted octanol–water partition coefficient (Wildman–Crippen LogP) is 2.04. The van der Waals surface area contributed by atoms with Crippen molar-refractivity contribution in [3.63, 3.8) is 0 Å². The first-order valence-electron chi connectivity index (χ1n) is 5.67. The third-order valence-electron chi connectivity index (χ3n) is 2.65. The molecule has 0 saturated carbocycles. The molecular formula is C14H13FN2O2. The Balaban J connectivity index is 2.05. The number of carbonyl (C=O) groups is 1. The molecule has 2 aromatic rings. The van der Waals surface area contributed by atoms with Gasteiger partial charge in [-0.15, -0.1) is 0 Å². The minimum absolute atomic E-state index is 0.110. The Morgan fingerprint density at radius 3 is 2.58 bits per heavy atom. The summed E-state index contributed by atoms with van der Waals surface area (Å²) >= 11 is 0. The number of halogens is 1. The van der Waals surface area contributed by atoms with Gasteiger partial charge in [0.25, 0.3) is 5.91 Å². The van der Waals surface area contributed by atoms with Crippen LogP contribution in [0.25, 0.3) is 0 Å². The number of nitrogens with one attached hydrogen (secondary N) is 1. The molecule has 0 aliphatic heterocycles. The third kappa shape index (κ3) is 3.22. The van der Waals surface area contributed by atoms with Gasteiger partial charge in [-0.25, -0.2) is 4.39 Å². The van der Waals surface area contributed by atoms with Crippen molar-refractivity contribution in [3.05, 3.63) is 59.4 Å². The SMILES string of the molecule is Nc1ccc(F)cc1C(=O)NCc1ccc(O)cc1. The van der Waals surface area contributed by atoms with E-state index < -0.39 is 11.7 Å². The lowest BCUT2D eigenvalue weighted by atomic mass is 10.1. The summed E-state index contributed by atoms with van der Waals surface area (Å²) in [5.41, 5.74) is 6.78. The molecule has 5 heteroatoms. The van der Waals surface area contributed by atoms with Gasteiger partial charge in [0.05, 0.1) is 5.56 Å². The van der Waals surface area contributed by atoms with Crippen molar-refractivity contribution in [2.75, 3.05) is 5.73 Å². The van der Waals surface area contributed by atoms with Crippen LogP contribution in [0.4, 0.5) is 10.1 Å². The molecule has 0 fully saturated rings. The quantitative estimate of drug-likeness (QED) is 0.739. The van der Waals surface area contributed by atoms with Crippen molar-refractivity contribution in [2.24, 2.45) is 0 Å². The predicted molar refractivity (Wildman–Crippen MR) is 70.1 cm³/mol. The molecule has 2 rings (SSSR count). The van der Waals surface area contributed by atoms with E-state index in [9.17, 15) is 9.18 Å². The van der Waals surface area contributed by atoms with Gasteiger partial charge in [0, 0.05) is 12.2 Å². The van der Waals surface area contributed by atoms with Crippen molar-refractivity contribution in [1.29, 1.82) is 0 Å².